The Morgan fingerprint density at radius 2 is 1.13 bits per heavy atom. The van der Waals surface area contributed by atoms with Crippen molar-refractivity contribution in [2.75, 3.05) is 0 Å². The topological polar surface area (TPSA) is 52.6 Å². The van der Waals surface area contributed by atoms with E-state index in [4.69, 9.17) is 9.47 Å². The highest BCUT2D eigenvalue weighted by atomic mass is 16.6. The quantitative estimate of drug-likeness (QED) is 0.418. The second kappa shape index (κ2) is 8.78. The third-order valence-corrected chi connectivity index (χ3v) is 5.14. The van der Waals surface area contributed by atoms with Crippen LogP contribution in [0.1, 0.15) is 23.1 Å². The lowest BCUT2D eigenvalue weighted by molar-refractivity contribution is -0.165. The van der Waals surface area contributed by atoms with Gasteiger partial charge >= 0.3 is 11.9 Å². The maximum atomic E-state index is 13.0. The molecule has 0 aromatic heterocycles. The van der Waals surface area contributed by atoms with Crippen LogP contribution in [0.3, 0.4) is 0 Å². The first kappa shape index (κ1) is 19.6. The van der Waals surface area contributed by atoms with Crippen molar-refractivity contribution in [3.05, 3.63) is 113 Å². The fourth-order valence-electron chi connectivity index (χ4n) is 3.35. The van der Waals surface area contributed by atoms with Crippen LogP contribution in [-0.4, -0.2) is 11.9 Å². The van der Waals surface area contributed by atoms with Crippen molar-refractivity contribution >= 4 is 18.0 Å². The first-order chi connectivity index (χ1) is 14.7. The Balaban J connectivity index is 1.52. The molecule has 1 aliphatic rings. The van der Waals surface area contributed by atoms with Gasteiger partial charge in [-0.3, -0.25) is 9.59 Å². The molecule has 3 aromatic rings. The van der Waals surface area contributed by atoms with Crippen LogP contribution in [0.15, 0.2) is 96.6 Å². The van der Waals surface area contributed by atoms with Crippen molar-refractivity contribution in [2.45, 2.75) is 19.6 Å². The highest BCUT2D eigenvalue weighted by molar-refractivity contribution is 6.10. The molecule has 0 atom stereocenters. The van der Waals surface area contributed by atoms with E-state index in [1.165, 1.54) is 0 Å². The van der Waals surface area contributed by atoms with E-state index in [9.17, 15) is 9.59 Å². The number of carbonyl (C=O) groups is 2. The second-order valence-corrected chi connectivity index (χ2v) is 7.29. The zero-order chi connectivity index (χ0) is 20.8. The molecule has 0 saturated heterocycles. The number of hydrogen-bond acceptors (Lipinski definition) is 4. The van der Waals surface area contributed by atoms with Crippen molar-refractivity contribution in [1.82, 2.24) is 0 Å². The molecule has 0 bridgehead atoms. The third kappa shape index (κ3) is 4.33. The van der Waals surface area contributed by atoms with Crippen molar-refractivity contribution in [3.8, 4) is 0 Å². The van der Waals surface area contributed by atoms with Gasteiger partial charge in [0.15, 0.2) is 5.41 Å². The minimum atomic E-state index is -1.36. The van der Waals surface area contributed by atoms with Crippen LogP contribution < -0.4 is 0 Å². The van der Waals surface area contributed by atoms with Crippen LogP contribution in [0, 0.1) is 5.41 Å². The lowest BCUT2D eigenvalue weighted by Crippen LogP contribution is -2.30. The van der Waals surface area contributed by atoms with E-state index in [1.807, 2.05) is 97.1 Å². The fourth-order valence-corrected chi connectivity index (χ4v) is 3.35. The Kier molecular flexibility index (Phi) is 5.75. The van der Waals surface area contributed by atoms with Crippen molar-refractivity contribution < 1.29 is 19.1 Å². The molecule has 3 aromatic carbocycles. The van der Waals surface area contributed by atoms with E-state index >= 15 is 0 Å². The summed E-state index contributed by atoms with van der Waals surface area (Å²) < 4.78 is 11.0. The average molecular weight is 398 g/mol. The van der Waals surface area contributed by atoms with E-state index < -0.39 is 17.4 Å². The summed E-state index contributed by atoms with van der Waals surface area (Å²) in [5.41, 5.74) is 2.02. The molecule has 1 fully saturated rings. The smallest absolute Gasteiger partial charge is 0.328 e. The number of benzene rings is 3. The molecule has 4 rings (SSSR count). The molecular formula is C26H22O4. The molecule has 0 unspecified atom stereocenters. The molecule has 0 aliphatic heterocycles. The van der Waals surface area contributed by atoms with Gasteiger partial charge in [0.2, 0.25) is 0 Å². The summed E-state index contributed by atoms with van der Waals surface area (Å²) in [6.07, 6.45) is 2.18. The van der Waals surface area contributed by atoms with E-state index in [2.05, 4.69) is 0 Å². The summed E-state index contributed by atoms with van der Waals surface area (Å²) in [6, 6.07) is 28.4. The van der Waals surface area contributed by atoms with Crippen LogP contribution in [-0.2, 0) is 32.3 Å². The summed E-state index contributed by atoms with van der Waals surface area (Å²) in [6.45, 7) is 0.234. The van der Waals surface area contributed by atoms with Gasteiger partial charge in [0.1, 0.15) is 13.2 Å². The molecule has 4 heteroatoms. The van der Waals surface area contributed by atoms with Gasteiger partial charge in [-0.05, 0) is 22.3 Å². The molecule has 150 valence electrons. The Labute approximate surface area is 175 Å². The third-order valence-electron chi connectivity index (χ3n) is 5.14. The Morgan fingerprint density at radius 3 is 1.60 bits per heavy atom. The zero-order valence-electron chi connectivity index (χ0n) is 16.5. The predicted molar refractivity (Wildman–Crippen MR) is 114 cm³/mol. The summed E-state index contributed by atoms with van der Waals surface area (Å²) in [5, 5.41) is 0. The van der Waals surface area contributed by atoms with Crippen molar-refractivity contribution in [1.29, 1.82) is 0 Å². The molecule has 4 nitrogen and oxygen atoms in total. The van der Waals surface area contributed by atoms with Gasteiger partial charge in [-0.1, -0.05) is 97.1 Å². The van der Waals surface area contributed by atoms with E-state index in [-0.39, 0.29) is 13.2 Å². The highest BCUT2D eigenvalue weighted by Crippen LogP contribution is 2.55. The maximum absolute atomic E-state index is 13.0. The largest absolute Gasteiger partial charge is 0.460 e. The number of hydrogen-bond donors (Lipinski definition) is 0. The molecule has 1 saturated carbocycles. The highest BCUT2D eigenvalue weighted by Gasteiger charge is 2.64. The van der Waals surface area contributed by atoms with E-state index in [0.29, 0.717) is 12.0 Å². The minimum Gasteiger partial charge on any atom is -0.460 e. The van der Waals surface area contributed by atoms with E-state index in [0.717, 1.165) is 16.7 Å². The average Bonchev–Trinajstić information content (AvgIpc) is 3.53. The Hall–Kier alpha value is -3.66. The van der Waals surface area contributed by atoms with Gasteiger partial charge < -0.3 is 9.47 Å². The number of rotatable bonds is 7. The number of esters is 2. The summed E-state index contributed by atoms with van der Waals surface area (Å²) in [4.78, 5) is 26.0. The van der Waals surface area contributed by atoms with Crippen LogP contribution in [0.25, 0.3) is 6.08 Å². The van der Waals surface area contributed by atoms with Crippen LogP contribution in [0.4, 0.5) is 0 Å². The monoisotopic (exact) mass is 398 g/mol. The van der Waals surface area contributed by atoms with Gasteiger partial charge in [0.25, 0.3) is 0 Å². The Morgan fingerprint density at radius 1 is 0.700 bits per heavy atom. The first-order valence-electron chi connectivity index (χ1n) is 9.87. The molecule has 0 spiro atoms. The minimum absolute atomic E-state index is 0.117. The van der Waals surface area contributed by atoms with E-state index in [1.54, 1.807) is 0 Å². The molecule has 0 heterocycles. The molecule has 1 aliphatic carbocycles. The first-order valence-corrected chi connectivity index (χ1v) is 9.87. The normalized spacial score (nSPS) is 15.4. The van der Waals surface area contributed by atoms with Gasteiger partial charge in [0, 0.05) is 6.42 Å². The molecular weight excluding hydrogens is 376 g/mol. The van der Waals surface area contributed by atoms with Crippen LogP contribution in [0.5, 0.6) is 0 Å². The molecule has 30 heavy (non-hydrogen) atoms. The number of ether oxygens (including phenoxy) is 2. The van der Waals surface area contributed by atoms with Crippen molar-refractivity contribution in [2.24, 2.45) is 5.41 Å². The SMILES string of the molecule is O=C(OCc1ccccc1)C1(C(=O)OCc2ccccc2)C/C1=C\c1ccccc1. The van der Waals surface area contributed by atoms with Gasteiger partial charge in [0.05, 0.1) is 0 Å². The summed E-state index contributed by atoms with van der Waals surface area (Å²) in [7, 11) is 0. The lowest BCUT2D eigenvalue weighted by Gasteiger charge is -2.14. The molecule has 0 radical (unpaired) electrons. The summed E-state index contributed by atoms with van der Waals surface area (Å²) in [5.74, 6) is -1.13. The van der Waals surface area contributed by atoms with Crippen LogP contribution >= 0.6 is 0 Å². The number of carbonyl (C=O) groups excluding carboxylic acids is 2. The molecule has 0 N–H and O–H groups in total. The zero-order valence-corrected chi connectivity index (χ0v) is 16.5. The predicted octanol–water partition coefficient (Wildman–Crippen LogP) is 4.95. The van der Waals surface area contributed by atoms with Gasteiger partial charge in [-0.15, -0.1) is 0 Å². The van der Waals surface area contributed by atoms with Crippen LogP contribution in [0.2, 0.25) is 0 Å². The van der Waals surface area contributed by atoms with Crippen molar-refractivity contribution in [3.63, 3.8) is 0 Å². The lowest BCUT2D eigenvalue weighted by atomic mass is 10.1. The second-order valence-electron chi connectivity index (χ2n) is 7.29. The molecule has 0 amide bonds. The standard InChI is InChI=1S/C26H22O4/c27-24(29-18-21-12-6-2-7-13-21)26(17-23(26)16-20-10-4-1-5-11-20)25(28)30-19-22-14-8-3-9-15-22/h1-16H,17-19H2/b23-16+. The van der Waals surface area contributed by atoms with Gasteiger partial charge in [-0.2, -0.15) is 0 Å². The van der Waals surface area contributed by atoms with Gasteiger partial charge in [-0.25, -0.2) is 0 Å². The maximum Gasteiger partial charge on any atom is 0.328 e. The Bertz CT molecular complexity index is 985. The summed E-state index contributed by atoms with van der Waals surface area (Å²) >= 11 is 0. The fraction of sp³-hybridized carbons (Fsp3) is 0.154.